The fourth-order valence-electron chi connectivity index (χ4n) is 6.09. The van der Waals surface area contributed by atoms with Crippen molar-refractivity contribution in [1.82, 2.24) is 0 Å². The number of rotatable bonds is 4. The van der Waals surface area contributed by atoms with Gasteiger partial charge in [0.15, 0.2) is 0 Å². The van der Waals surface area contributed by atoms with E-state index >= 15 is 0 Å². The molecule has 2 heterocycles. The monoisotopic (exact) mass is 563 g/mol. The van der Waals surface area contributed by atoms with Crippen LogP contribution in [0.1, 0.15) is 51.4 Å². The van der Waals surface area contributed by atoms with Gasteiger partial charge in [-0.1, -0.05) is 51.1 Å². The number of carbonyl (C=O) groups is 1. The van der Waals surface area contributed by atoms with E-state index in [4.69, 9.17) is 9.52 Å². The van der Waals surface area contributed by atoms with Gasteiger partial charge < -0.3 is 4.42 Å². The summed E-state index contributed by atoms with van der Waals surface area (Å²) in [5.74, 6) is 0.943. The zero-order valence-electron chi connectivity index (χ0n) is 22.3. The van der Waals surface area contributed by atoms with E-state index in [9.17, 15) is 18.0 Å². The highest BCUT2D eigenvalue weighted by Crippen LogP contribution is 2.64. The molecule has 3 aliphatic rings. The van der Waals surface area contributed by atoms with Crippen LogP contribution in [0.3, 0.4) is 0 Å². The summed E-state index contributed by atoms with van der Waals surface area (Å²) in [7, 11) is 0. The molecule has 9 heteroatoms. The van der Waals surface area contributed by atoms with Gasteiger partial charge in [-0.2, -0.15) is 18.3 Å². The molecule has 40 heavy (non-hydrogen) atoms. The summed E-state index contributed by atoms with van der Waals surface area (Å²) in [5.41, 5.74) is 1.44. The SMILES string of the molecule is CC12CCC(CC1=NN=C1SC(=Cc3ccc(-c4cccc(C(F)(F)F)c4)o3)C(=O)N1c1ccccc1)C2(C)C. The minimum absolute atomic E-state index is 0.0146. The molecule has 1 aliphatic heterocycles. The van der Waals surface area contributed by atoms with E-state index in [0.717, 1.165) is 30.7 Å². The van der Waals surface area contributed by atoms with Gasteiger partial charge in [0.05, 0.1) is 16.2 Å². The third-order valence-corrected chi connectivity index (χ3v) is 9.92. The van der Waals surface area contributed by atoms with E-state index in [1.54, 1.807) is 24.3 Å². The summed E-state index contributed by atoms with van der Waals surface area (Å²) in [6, 6.07) is 17.5. The van der Waals surface area contributed by atoms with E-state index in [0.29, 0.717) is 33.0 Å². The van der Waals surface area contributed by atoms with Crippen molar-refractivity contribution in [2.45, 2.75) is 46.2 Å². The molecule has 1 aromatic heterocycles. The average Bonchev–Trinajstić information content (AvgIpc) is 3.62. The molecule has 5 nitrogen and oxygen atoms in total. The normalized spacial score (nSPS) is 27.1. The van der Waals surface area contributed by atoms with E-state index in [1.807, 2.05) is 30.3 Å². The molecule has 6 rings (SSSR count). The van der Waals surface area contributed by atoms with Crippen LogP contribution in [0, 0.1) is 16.7 Å². The number of para-hydroxylation sites is 1. The number of furan rings is 1. The molecule has 2 aromatic carbocycles. The lowest BCUT2D eigenvalue weighted by atomic mass is 9.70. The summed E-state index contributed by atoms with van der Waals surface area (Å²) in [6.45, 7) is 6.88. The third-order valence-electron chi connectivity index (χ3n) is 8.96. The Bertz CT molecular complexity index is 1570. The lowest BCUT2D eigenvalue weighted by Gasteiger charge is -2.34. The summed E-state index contributed by atoms with van der Waals surface area (Å²) in [5, 5.41) is 9.79. The number of hydrogen-bond acceptors (Lipinski definition) is 5. The van der Waals surface area contributed by atoms with Crippen LogP contribution in [0.25, 0.3) is 17.4 Å². The molecule has 2 saturated carbocycles. The maximum atomic E-state index is 13.6. The highest BCUT2D eigenvalue weighted by molar-refractivity contribution is 8.19. The molecule has 3 fully saturated rings. The molecule has 2 atom stereocenters. The lowest BCUT2D eigenvalue weighted by Crippen LogP contribution is -2.32. The lowest BCUT2D eigenvalue weighted by molar-refractivity contribution is -0.137. The zero-order chi connectivity index (χ0) is 28.3. The number of halogens is 3. The first-order valence-corrected chi connectivity index (χ1v) is 14.0. The van der Waals surface area contributed by atoms with Crippen LogP contribution in [0.15, 0.2) is 86.3 Å². The maximum Gasteiger partial charge on any atom is 0.416 e. The number of alkyl halides is 3. The topological polar surface area (TPSA) is 58.2 Å². The van der Waals surface area contributed by atoms with E-state index in [2.05, 4.69) is 25.9 Å². The van der Waals surface area contributed by atoms with Gasteiger partial charge in [0.2, 0.25) is 5.17 Å². The number of thioether (sulfide) groups is 1. The maximum absolute atomic E-state index is 13.6. The third kappa shape index (κ3) is 4.40. The number of amides is 1. The average molecular weight is 564 g/mol. The molecule has 2 unspecified atom stereocenters. The van der Waals surface area contributed by atoms with Crippen molar-refractivity contribution < 1.29 is 22.4 Å². The van der Waals surface area contributed by atoms with Crippen molar-refractivity contribution in [3.8, 4) is 11.3 Å². The summed E-state index contributed by atoms with van der Waals surface area (Å²) in [6.07, 6.45) is 0.336. The highest BCUT2D eigenvalue weighted by atomic mass is 32.2. The van der Waals surface area contributed by atoms with Crippen LogP contribution in [-0.2, 0) is 11.0 Å². The molecule has 3 aromatic rings. The molecule has 2 bridgehead atoms. The zero-order valence-corrected chi connectivity index (χ0v) is 23.1. The second-order valence-corrected chi connectivity index (χ2v) is 12.3. The van der Waals surface area contributed by atoms with Crippen LogP contribution in [0.5, 0.6) is 0 Å². The number of nitrogens with zero attached hydrogens (tertiary/aromatic N) is 3. The molecule has 0 spiro atoms. The van der Waals surface area contributed by atoms with Gasteiger partial charge in [0.25, 0.3) is 5.91 Å². The Morgan fingerprint density at radius 2 is 1.80 bits per heavy atom. The number of benzene rings is 2. The summed E-state index contributed by atoms with van der Waals surface area (Å²) in [4.78, 5) is 15.5. The first-order valence-electron chi connectivity index (χ1n) is 13.2. The van der Waals surface area contributed by atoms with Gasteiger partial charge >= 0.3 is 6.18 Å². The first kappa shape index (κ1) is 26.6. The first-order chi connectivity index (χ1) is 19.0. The van der Waals surface area contributed by atoms with Crippen molar-refractivity contribution >= 4 is 40.3 Å². The number of carbonyl (C=O) groups excluding carboxylic acids is 1. The largest absolute Gasteiger partial charge is 0.457 e. The van der Waals surface area contributed by atoms with E-state index in [1.165, 1.54) is 29.1 Å². The van der Waals surface area contributed by atoms with Gasteiger partial charge in [-0.15, -0.1) is 5.10 Å². The standard InChI is InChI=1S/C31H28F3N3O2S/c1-29(2)20-14-15-30(29,3)26(17-20)35-36-28-37(22-10-5-4-6-11-22)27(38)25(40-28)18-23-12-13-24(39-23)19-8-7-9-21(16-19)31(32,33)34/h4-13,16,18,20H,14-15,17H2,1-3H3. The minimum Gasteiger partial charge on any atom is -0.457 e. The van der Waals surface area contributed by atoms with Crippen molar-refractivity contribution in [3.05, 3.63) is 83.0 Å². The Balaban J connectivity index is 1.32. The van der Waals surface area contributed by atoms with Crippen molar-refractivity contribution in [2.24, 2.45) is 27.0 Å². The van der Waals surface area contributed by atoms with Gasteiger partial charge in [-0.3, -0.25) is 9.69 Å². The molecule has 1 amide bonds. The smallest absolute Gasteiger partial charge is 0.416 e. The highest BCUT2D eigenvalue weighted by Gasteiger charge is 2.60. The van der Waals surface area contributed by atoms with Crippen molar-refractivity contribution in [1.29, 1.82) is 0 Å². The van der Waals surface area contributed by atoms with Crippen LogP contribution >= 0.6 is 11.8 Å². The van der Waals surface area contributed by atoms with Gasteiger partial charge in [-0.05, 0) is 78.8 Å². The molecule has 0 N–H and O–H groups in total. The van der Waals surface area contributed by atoms with Crippen LogP contribution < -0.4 is 4.90 Å². The number of anilines is 1. The molecule has 0 radical (unpaired) electrons. The molecule has 1 saturated heterocycles. The number of fused-ring (bicyclic) bond motifs is 2. The second-order valence-electron chi connectivity index (χ2n) is 11.3. The Morgan fingerprint density at radius 1 is 1.02 bits per heavy atom. The van der Waals surface area contributed by atoms with Crippen molar-refractivity contribution in [2.75, 3.05) is 4.90 Å². The fourth-order valence-corrected chi connectivity index (χ4v) is 7.00. The minimum atomic E-state index is -4.45. The predicted molar refractivity (Wildman–Crippen MR) is 153 cm³/mol. The molecule has 2 aliphatic carbocycles. The van der Waals surface area contributed by atoms with Gasteiger partial charge in [-0.25, -0.2) is 0 Å². The molecule has 206 valence electrons. The van der Waals surface area contributed by atoms with Crippen LogP contribution in [-0.4, -0.2) is 16.8 Å². The number of hydrogen-bond donors (Lipinski definition) is 0. The van der Waals surface area contributed by atoms with Crippen LogP contribution in [0.4, 0.5) is 18.9 Å². The van der Waals surface area contributed by atoms with E-state index in [-0.39, 0.29) is 22.5 Å². The Kier molecular flexibility index (Phi) is 6.33. The fraction of sp³-hybridized carbons (Fsp3) is 0.323. The Labute approximate surface area is 234 Å². The Hall–Kier alpha value is -3.59. The van der Waals surface area contributed by atoms with E-state index < -0.39 is 11.7 Å². The Morgan fingerprint density at radius 3 is 2.48 bits per heavy atom. The van der Waals surface area contributed by atoms with Crippen LogP contribution in [0.2, 0.25) is 0 Å². The van der Waals surface area contributed by atoms with Gasteiger partial charge in [0.1, 0.15) is 11.5 Å². The summed E-state index contributed by atoms with van der Waals surface area (Å²) < 4.78 is 45.4. The number of amidine groups is 1. The second kappa shape index (κ2) is 9.51. The predicted octanol–water partition coefficient (Wildman–Crippen LogP) is 8.64. The summed E-state index contributed by atoms with van der Waals surface area (Å²) >= 11 is 1.20. The quantitative estimate of drug-likeness (QED) is 0.236. The molecular weight excluding hydrogens is 535 g/mol. The van der Waals surface area contributed by atoms with Crippen molar-refractivity contribution in [3.63, 3.8) is 0 Å². The molecular formula is C31H28F3N3O2S. The van der Waals surface area contributed by atoms with Gasteiger partial charge in [0, 0.05) is 22.8 Å².